The van der Waals surface area contributed by atoms with Gasteiger partial charge in [-0.25, -0.2) is 4.98 Å². The molecule has 1 aliphatic rings. The Kier molecular flexibility index (Phi) is 4.74. The number of aromatic hydroxyl groups is 1. The van der Waals surface area contributed by atoms with E-state index in [-0.39, 0.29) is 11.3 Å². The summed E-state index contributed by atoms with van der Waals surface area (Å²) in [6.45, 7) is 2.59. The summed E-state index contributed by atoms with van der Waals surface area (Å²) in [6, 6.07) is 19.1. The summed E-state index contributed by atoms with van der Waals surface area (Å²) in [5.41, 5.74) is 4.70. The van der Waals surface area contributed by atoms with Gasteiger partial charge in [0.05, 0.1) is 15.7 Å². The maximum atomic E-state index is 13.1. The molecule has 1 aliphatic heterocycles. The summed E-state index contributed by atoms with van der Waals surface area (Å²) in [4.78, 5) is 30.9. The summed E-state index contributed by atoms with van der Waals surface area (Å²) >= 11 is 1.62. The second-order valence-electron chi connectivity index (χ2n) is 8.62. The highest BCUT2D eigenvalue weighted by molar-refractivity contribution is 7.21. The monoisotopic (exact) mass is 467 g/mol. The van der Waals surface area contributed by atoms with E-state index >= 15 is 0 Å². The lowest BCUT2D eigenvalue weighted by Gasteiger charge is -2.21. The van der Waals surface area contributed by atoms with Gasteiger partial charge < -0.3 is 15.0 Å². The predicted octanol–water partition coefficient (Wildman–Crippen LogP) is 5.49. The lowest BCUT2D eigenvalue weighted by atomic mass is 9.99. The van der Waals surface area contributed by atoms with Gasteiger partial charge in [-0.05, 0) is 73.4 Å². The number of anilines is 1. The Morgan fingerprint density at radius 2 is 1.94 bits per heavy atom. The Bertz CT molecular complexity index is 1670. The number of nitrogens with one attached hydrogen (secondary N) is 1. The molecule has 0 saturated carbocycles. The van der Waals surface area contributed by atoms with Gasteiger partial charge in [0.2, 0.25) is 0 Å². The molecule has 34 heavy (non-hydrogen) atoms. The summed E-state index contributed by atoms with van der Waals surface area (Å²) in [5, 5.41) is 15.1. The molecule has 1 amide bonds. The number of aromatic nitrogens is 2. The lowest BCUT2D eigenvalue weighted by Crippen LogP contribution is -2.31. The van der Waals surface area contributed by atoms with Crippen molar-refractivity contribution in [2.75, 3.05) is 5.32 Å². The van der Waals surface area contributed by atoms with Gasteiger partial charge in [0.15, 0.2) is 0 Å². The van der Waals surface area contributed by atoms with Crippen LogP contribution in [0, 0.1) is 6.92 Å². The number of carbonyl (C=O) groups excluding carboxylic acids is 1. The lowest BCUT2D eigenvalue weighted by molar-refractivity contribution is 0.102. The molecule has 6 rings (SSSR count). The summed E-state index contributed by atoms with van der Waals surface area (Å²) in [7, 11) is 0. The van der Waals surface area contributed by atoms with Gasteiger partial charge in [0.1, 0.15) is 16.3 Å². The molecule has 0 aliphatic carbocycles. The van der Waals surface area contributed by atoms with Crippen LogP contribution in [-0.2, 0) is 13.0 Å². The molecule has 0 fully saturated rings. The zero-order valence-electron chi connectivity index (χ0n) is 18.5. The van der Waals surface area contributed by atoms with Crippen LogP contribution in [0.2, 0.25) is 0 Å². The molecule has 7 heteroatoms. The largest absolute Gasteiger partial charge is 0.506 e. The van der Waals surface area contributed by atoms with E-state index in [1.165, 1.54) is 5.56 Å². The zero-order chi connectivity index (χ0) is 23.4. The Morgan fingerprint density at radius 1 is 1.12 bits per heavy atom. The fourth-order valence-corrected chi connectivity index (χ4v) is 5.74. The molecule has 0 radical (unpaired) electrons. The van der Waals surface area contributed by atoms with Gasteiger partial charge >= 0.3 is 0 Å². The van der Waals surface area contributed by atoms with Crippen molar-refractivity contribution in [3.05, 3.63) is 87.7 Å². The number of rotatable bonds is 3. The van der Waals surface area contributed by atoms with E-state index in [1.54, 1.807) is 34.1 Å². The van der Waals surface area contributed by atoms with Crippen LogP contribution in [0.25, 0.3) is 31.7 Å². The first kappa shape index (κ1) is 20.6. The van der Waals surface area contributed by atoms with Crippen molar-refractivity contribution in [2.24, 2.45) is 0 Å². The highest BCUT2D eigenvalue weighted by Gasteiger charge is 2.25. The van der Waals surface area contributed by atoms with Crippen LogP contribution in [0.5, 0.6) is 5.75 Å². The number of nitrogens with zero attached hydrogens (tertiary/aromatic N) is 2. The molecule has 3 heterocycles. The number of thiazole rings is 1. The third-order valence-corrected chi connectivity index (χ3v) is 7.40. The number of amides is 1. The van der Waals surface area contributed by atoms with Gasteiger partial charge in [-0.2, -0.15) is 0 Å². The van der Waals surface area contributed by atoms with Crippen LogP contribution in [-0.4, -0.2) is 20.6 Å². The molecule has 0 spiro atoms. The summed E-state index contributed by atoms with van der Waals surface area (Å²) in [6.07, 6.45) is 1.67. The predicted molar refractivity (Wildman–Crippen MR) is 136 cm³/mol. The van der Waals surface area contributed by atoms with E-state index in [9.17, 15) is 14.7 Å². The molecule has 2 N–H and O–H groups in total. The molecule has 0 bridgehead atoms. The average molecular weight is 468 g/mol. The Balaban J connectivity index is 1.32. The first-order valence-corrected chi connectivity index (χ1v) is 12.0. The number of hydrogen-bond donors (Lipinski definition) is 2. The zero-order valence-corrected chi connectivity index (χ0v) is 19.3. The van der Waals surface area contributed by atoms with Crippen LogP contribution in [0.1, 0.15) is 27.9 Å². The minimum atomic E-state index is -0.618. The molecule has 2 aromatic heterocycles. The first-order valence-electron chi connectivity index (χ1n) is 11.2. The van der Waals surface area contributed by atoms with Crippen molar-refractivity contribution in [1.82, 2.24) is 9.55 Å². The van der Waals surface area contributed by atoms with Crippen LogP contribution >= 0.6 is 11.3 Å². The second kappa shape index (κ2) is 7.81. The first-order chi connectivity index (χ1) is 16.5. The number of hydrogen-bond acceptors (Lipinski definition) is 5. The topological polar surface area (TPSA) is 84.2 Å². The molecular formula is C27H21N3O3S. The fraction of sp³-hybridized carbons (Fsp3) is 0.148. The fourth-order valence-electron chi connectivity index (χ4n) is 4.67. The van der Waals surface area contributed by atoms with E-state index in [4.69, 9.17) is 4.98 Å². The van der Waals surface area contributed by atoms with Crippen LogP contribution < -0.4 is 10.9 Å². The van der Waals surface area contributed by atoms with Crippen molar-refractivity contribution < 1.29 is 9.90 Å². The third-order valence-electron chi connectivity index (χ3n) is 6.33. The average Bonchev–Trinajstić information content (AvgIpc) is 3.26. The normalized spacial score (nSPS) is 12.9. The van der Waals surface area contributed by atoms with E-state index in [0.29, 0.717) is 17.6 Å². The second-order valence-corrected chi connectivity index (χ2v) is 9.65. The van der Waals surface area contributed by atoms with Gasteiger partial charge in [-0.1, -0.05) is 18.2 Å². The van der Waals surface area contributed by atoms with Gasteiger partial charge in [0, 0.05) is 23.2 Å². The van der Waals surface area contributed by atoms with Crippen LogP contribution in [0.15, 0.2) is 65.5 Å². The number of para-hydroxylation sites is 1. The maximum Gasteiger partial charge on any atom is 0.267 e. The molecule has 0 saturated heterocycles. The van der Waals surface area contributed by atoms with Crippen molar-refractivity contribution in [2.45, 2.75) is 26.3 Å². The number of aryl methyl sites for hydroxylation is 3. The summed E-state index contributed by atoms with van der Waals surface area (Å²) < 4.78 is 2.74. The highest BCUT2D eigenvalue weighted by atomic mass is 32.1. The van der Waals surface area contributed by atoms with E-state index in [2.05, 4.69) is 18.3 Å². The van der Waals surface area contributed by atoms with Crippen molar-refractivity contribution in [1.29, 1.82) is 0 Å². The number of fused-ring (bicyclic) bond motifs is 1. The molecule has 0 unspecified atom stereocenters. The molecule has 6 nitrogen and oxygen atoms in total. The number of pyridine rings is 1. The maximum absolute atomic E-state index is 13.1. The van der Waals surface area contributed by atoms with Crippen molar-refractivity contribution in [3.63, 3.8) is 0 Å². The molecule has 168 valence electrons. The van der Waals surface area contributed by atoms with Crippen molar-refractivity contribution >= 4 is 44.1 Å². The van der Waals surface area contributed by atoms with Gasteiger partial charge in [-0.3, -0.25) is 9.59 Å². The summed E-state index contributed by atoms with van der Waals surface area (Å²) in [5.74, 6) is -0.883. The Morgan fingerprint density at radius 3 is 2.76 bits per heavy atom. The Labute approximate surface area is 199 Å². The Hall–Kier alpha value is -3.97. The van der Waals surface area contributed by atoms with Crippen molar-refractivity contribution in [3.8, 4) is 16.3 Å². The van der Waals surface area contributed by atoms with E-state index < -0.39 is 11.5 Å². The minimum Gasteiger partial charge on any atom is -0.506 e. The number of benzene rings is 3. The highest BCUT2D eigenvalue weighted by Crippen LogP contribution is 2.33. The van der Waals surface area contributed by atoms with Crippen LogP contribution in [0.4, 0.5) is 5.69 Å². The number of carbonyl (C=O) groups is 1. The quantitative estimate of drug-likeness (QED) is 0.367. The standard InChI is InChI=1S/C27H21N3O3S/c1-15-7-12-20-21(14-15)34-26(29-20)17-8-10-18(11-9-17)28-25(32)22-24(31)19-6-2-4-16-5-3-13-30(23(16)19)27(22)33/h2,4,6-12,14,31H,3,5,13H2,1H3,(H,28,32). The van der Waals surface area contributed by atoms with E-state index in [0.717, 1.165) is 44.7 Å². The molecular weight excluding hydrogens is 446 g/mol. The molecule has 5 aromatic rings. The van der Waals surface area contributed by atoms with E-state index in [1.807, 2.05) is 36.4 Å². The van der Waals surface area contributed by atoms with Crippen LogP contribution in [0.3, 0.4) is 0 Å². The smallest absolute Gasteiger partial charge is 0.267 e. The SMILES string of the molecule is Cc1ccc2nc(-c3ccc(NC(=O)c4c(O)c5cccc6c5n(c4=O)CCC6)cc3)sc2c1. The molecule has 0 atom stereocenters. The van der Waals surface area contributed by atoms with Gasteiger partial charge in [0.25, 0.3) is 11.5 Å². The van der Waals surface area contributed by atoms with Gasteiger partial charge in [-0.15, -0.1) is 11.3 Å². The molecule has 3 aromatic carbocycles. The third kappa shape index (κ3) is 3.28. The minimum absolute atomic E-state index is 0.225.